The Hall–Kier alpha value is -2.31. The fourth-order valence-electron chi connectivity index (χ4n) is 0. The second-order valence-corrected chi connectivity index (χ2v) is 1.12. The fourth-order valence-corrected chi connectivity index (χ4v) is 0. The first kappa shape index (κ1) is 42.7. The first-order chi connectivity index (χ1) is 8.66. The maximum atomic E-state index is 8.25. The van der Waals surface area contributed by atoms with Crippen LogP contribution >= 0.6 is 0 Å². The van der Waals surface area contributed by atoms with Crippen LogP contribution in [0.15, 0.2) is 0 Å². The molecule has 0 aliphatic heterocycles. The van der Waals surface area contributed by atoms with Crippen LogP contribution in [0.5, 0.6) is 0 Å². The summed E-state index contributed by atoms with van der Waals surface area (Å²) in [5.74, 6) is 0. The van der Waals surface area contributed by atoms with E-state index in [0.29, 0.717) is 0 Å². The second kappa shape index (κ2) is 36.3. The van der Waals surface area contributed by atoms with Gasteiger partial charge in [0.1, 0.15) is 0 Å². The molecule has 20 nitrogen and oxygen atoms in total. The molecule has 0 rings (SSSR count). The van der Waals surface area contributed by atoms with Crippen molar-refractivity contribution in [2.24, 2.45) is 0 Å². The average Bonchev–Trinajstić information content (AvgIpc) is 1.94. The van der Waals surface area contributed by atoms with Gasteiger partial charge in [0.05, 0.1) is 25.4 Å². The summed E-state index contributed by atoms with van der Waals surface area (Å²) in [5.41, 5.74) is 0. The molecule has 0 aliphatic carbocycles. The van der Waals surface area contributed by atoms with Crippen molar-refractivity contribution in [3.05, 3.63) is 76.6 Å². The number of hydrogen-bond acceptors (Lipinski definition) is 15. The summed E-state index contributed by atoms with van der Waals surface area (Å²) < 4.78 is 0. The minimum Gasteiger partial charge on any atom is -0.356 e. The van der Waals surface area contributed by atoms with Crippen molar-refractivity contribution in [3.63, 3.8) is 0 Å². The zero-order chi connectivity index (χ0) is 17.9. The third-order valence-electron chi connectivity index (χ3n) is 0. The minimum absolute atomic E-state index is 0. The van der Waals surface area contributed by atoms with Crippen molar-refractivity contribution < 1.29 is 76.1 Å². The Morgan fingerprint density at radius 2 is 0.364 bits per heavy atom. The van der Waals surface area contributed by atoms with Crippen molar-refractivity contribution in [2.45, 2.75) is 0 Å². The van der Waals surface area contributed by atoms with Gasteiger partial charge in [0.15, 0.2) is 0 Å². The zero-order valence-electron chi connectivity index (χ0n) is 9.77. The predicted octanol–water partition coefficient (Wildman–Crippen LogP) is -4.19. The molecule has 0 amide bonds. The number of nitrogens with zero attached hydrogens (tertiary/aromatic N) is 5. The summed E-state index contributed by atoms with van der Waals surface area (Å²) in [7, 11) is 0. The largest absolute Gasteiger partial charge is 4.00 e. The van der Waals surface area contributed by atoms with Gasteiger partial charge in [0, 0.05) is 0 Å². The number of rotatable bonds is 0. The standard InChI is InChI=1S/Mo.5NO3.Na/c;5*2-1(3)4;/q+4;5*-1;+1. The van der Waals surface area contributed by atoms with Crippen molar-refractivity contribution in [2.75, 3.05) is 0 Å². The van der Waals surface area contributed by atoms with Crippen LogP contribution in [0.4, 0.5) is 0 Å². The Labute approximate surface area is 152 Å². The van der Waals surface area contributed by atoms with Gasteiger partial charge < -0.3 is 76.6 Å². The van der Waals surface area contributed by atoms with Gasteiger partial charge in [-0.25, -0.2) is 0 Å². The van der Waals surface area contributed by atoms with Crippen LogP contribution in [0.2, 0.25) is 0 Å². The van der Waals surface area contributed by atoms with E-state index in [9.17, 15) is 0 Å². The molecule has 0 aromatic rings. The molecule has 0 spiro atoms. The summed E-state index contributed by atoms with van der Waals surface area (Å²) in [6, 6.07) is 0. The smallest absolute Gasteiger partial charge is 0.356 e. The SMILES string of the molecule is O=[N+]([O-])[O-].O=[N+]([O-])[O-].O=[N+]([O-])[O-].O=[N+]([O-])[O-].O=[N+]([O-])[O-].[Mo+4].[Na+]. The summed E-state index contributed by atoms with van der Waals surface area (Å²) in [4.78, 5) is 41.2. The van der Waals surface area contributed by atoms with Crippen LogP contribution in [-0.4, -0.2) is 25.4 Å². The molecule has 0 bridgehead atoms. The van der Waals surface area contributed by atoms with Crippen molar-refractivity contribution in [3.8, 4) is 0 Å². The van der Waals surface area contributed by atoms with Crippen LogP contribution in [0, 0.1) is 76.6 Å². The van der Waals surface area contributed by atoms with Gasteiger partial charge in [-0.15, -0.1) is 0 Å². The van der Waals surface area contributed by atoms with Crippen molar-refractivity contribution in [1.29, 1.82) is 0 Å². The summed E-state index contributed by atoms with van der Waals surface area (Å²) in [6.07, 6.45) is 0. The second-order valence-electron chi connectivity index (χ2n) is 1.12. The van der Waals surface area contributed by atoms with E-state index in [2.05, 4.69) is 0 Å². The van der Waals surface area contributed by atoms with Gasteiger partial charge in [-0.05, 0) is 0 Å². The molecule has 0 aliphatic rings. The van der Waals surface area contributed by atoms with Gasteiger partial charge in [0.25, 0.3) is 0 Å². The van der Waals surface area contributed by atoms with Gasteiger partial charge in [-0.3, -0.25) is 0 Å². The Morgan fingerprint density at radius 1 is 0.364 bits per heavy atom. The molecule has 122 valence electrons. The zero-order valence-corrected chi connectivity index (χ0v) is 13.8. The molecule has 0 aromatic heterocycles. The van der Waals surface area contributed by atoms with Gasteiger partial charge in [-0.2, -0.15) is 0 Å². The third-order valence-corrected chi connectivity index (χ3v) is 0. The van der Waals surface area contributed by atoms with E-state index in [1.165, 1.54) is 0 Å². The van der Waals surface area contributed by atoms with E-state index < -0.39 is 25.4 Å². The van der Waals surface area contributed by atoms with Crippen molar-refractivity contribution in [1.82, 2.24) is 0 Å². The molecule has 0 unspecified atom stereocenters. The molecule has 0 fully saturated rings. The molecule has 0 radical (unpaired) electrons. The Balaban J connectivity index is -0.0000000250. The molecule has 0 aromatic carbocycles. The average molecular weight is 429 g/mol. The van der Waals surface area contributed by atoms with Crippen LogP contribution in [-0.2, 0) is 21.1 Å². The monoisotopic (exact) mass is 431 g/mol. The van der Waals surface area contributed by atoms with E-state index in [1.54, 1.807) is 0 Å². The maximum absolute atomic E-state index is 8.25. The minimum atomic E-state index is -1.75. The summed E-state index contributed by atoms with van der Waals surface area (Å²) in [6.45, 7) is 0. The van der Waals surface area contributed by atoms with Crippen molar-refractivity contribution >= 4 is 0 Å². The number of hydrogen-bond donors (Lipinski definition) is 0. The third kappa shape index (κ3) is 922. The normalized spacial score (nSPS) is 5.45. The molecule has 0 atom stereocenters. The van der Waals surface area contributed by atoms with E-state index in [4.69, 9.17) is 76.6 Å². The fraction of sp³-hybridized carbons (Fsp3) is 0. The molecule has 22 heavy (non-hydrogen) atoms. The van der Waals surface area contributed by atoms with Crippen LogP contribution in [0.25, 0.3) is 0 Å². The maximum Gasteiger partial charge on any atom is 4.00 e. The Kier molecular flexibility index (Phi) is 70.5. The topological polar surface area (TPSA) is 331 Å². The quantitative estimate of drug-likeness (QED) is 0.200. The van der Waals surface area contributed by atoms with Crippen LogP contribution in [0.1, 0.15) is 0 Å². The van der Waals surface area contributed by atoms with Gasteiger partial charge in [-0.1, -0.05) is 0 Å². The Morgan fingerprint density at radius 3 is 0.364 bits per heavy atom. The predicted molar refractivity (Wildman–Crippen MR) is 51.8 cm³/mol. The van der Waals surface area contributed by atoms with E-state index >= 15 is 0 Å². The Bertz CT molecular complexity index is 213. The first-order valence-corrected chi connectivity index (χ1v) is 2.74. The van der Waals surface area contributed by atoms with E-state index in [-0.39, 0.29) is 50.6 Å². The van der Waals surface area contributed by atoms with E-state index in [1.807, 2.05) is 0 Å². The summed E-state index contributed by atoms with van der Waals surface area (Å²) >= 11 is 0. The molecule has 0 N–H and O–H groups in total. The van der Waals surface area contributed by atoms with Crippen LogP contribution in [0.3, 0.4) is 0 Å². The molecular weight excluding hydrogens is 429 g/mol. The molecule has 0 saturated carbocycles. The first-order valence-electron chi connectivity index (χ1n) is 2.74. The van der Waals surface area contributed by atoms with Gasteiger partial charge >= 0.3 is 50.6 Å². The molecule has 0 saturated heterocycles. The van der Waals surface area contributed by atoms with E-state index in [0.717, 1.165) is 0 Å². The molecule has 22 heteroatoms. The summed E-state index contributed by atoms with van der Waals surface area (Å²) in [5, 5.41) is 73.8. The molecular formula is MoN5NaO15. The van der Waals surface area contributed by atoms with Crippen LogP contribution < -0.4 is 29.6 Å². The molecule has 0 heterocycles. The van der Waals surface area contributed by atoms with Gasteiger partial charge in [0.2, 0.25) is 0 Å².